The van der Waals surface area contributed by atoms with Gasteiger partial charge in [-0.25, -0.2) is 0 Å². The number of carbonyl (C=O) groups excluding carboxylic acids is 1. The van der Waals surface area contributed by atoms with Gasteiger partial charge in [0.2, 0.25) is 0 Å². The Hall–Kier alpha value is -2.47. The number of nitrogens with one attached hydrogen (secondary N) is 2. The van der Waals surface area contributed by atoms with Crippen molar-refractivity contribution in [3.63, 3.8) is 0 Å². The Bertz CT molecular complexity index is 762. The van der Waals surface area contributed by atoms with E-state index in [0.29, 0.717) is 6.54 Å². The number of guanidine groups is 1. The minimum Gasteiger partial charge on any atom is -0.357 e. The Morgan fingerprint density at radius 2 is 1.86 bits per heavy atom. The van der Waals surface area contributed by atoms with Crippen LogP contribution in [0.2, 0.25) is 0 Å². The first kappa shape index (κ1) is 21.8. The molecule has 0 fully saturated rings. The van der Waals surface area contributed by atoms with Gasteiger partial charge < -0.3 is 15.5 Å². The van der Waals surface area contributed by atoms with Crippen molar-refractivity contribution in [1.29, 1.82) is 0 Å². The molecule has 2 rings (SSSR count). The Kier molecular flexibility index (Phi) is 9.42. The van der Waals surface area contributed by atoms with Crippen molar-refractivity contribution < 1.29 is 4.79 Å². The van der Waals surface area contributed by atoms with E-state index in [1.807, 2.05) is 42.1 Å². The van der Waals surface area contributed by atoms with E-state index < -0.39 is 0 Å². The Morgan fingerprint density at radius 3 is 2.57 bits per heavy atom. The highest BCUT2D eigenvalue weighted by Gasteiger charge is 2.08. The van der Waals surface area contributed by atoms with Crippen LogP contribution in [0.5, 0.6) is 0 Å². The number of nitrogens with zero attached hydrogens (tertiary/aromatic N) is 2. The summed E-state index contributed by atoms with van der Waals surface area (Å²) in [6.07, 6.45) is 0.796. The molecule has 5 nitrogen and oxygen atoms in total. The lowest BCUT2D eigenvalue weighted by Gasteiger charge is -2.12. The van der Waals surface area contributed by atoms with Gasteiger partial charge in [-0.05, 0) is 43.2 Å². The molecule has 0 radical (unpaired) electrons. The predicted octanol–water partition coefficient (Wildman–Crippen LogP) is 3.28. The van der Waals surface area contributed by atoms with Crippen LogP contribution in [-0.4, -0.2) is 56.2 Å². The third-order valence-corrected chi connectivity index (χ3v) is 5.01. The highest BCUT2D eigenvalue weighted by atomic mass is 32.2. The van der Waals surface area contributed by atoms with Crippen molar-refractivity contribution in [3.8, 4) is 0 Å². The molecule has 0 spiro atoms. The topological polar surface area (TPSA) is 56.7 Å². The molecule has 28 heavy (non-hydrogen) atoms. The second-order valence-corrected chi connectivity index (χ2v) is 7.67. The van der Waals surface area contributed by atoms with Crippen molar-refractivity contribution in [3.05, 3.63) is 65.7 Å². The van der Waals surface area contributed by atoms with Crippen LogP contribution in [-0.2, 0) is 6.42 Å². The summed E-state index contributed by atoms with van der Waals surface area (Å²) in [6, 6.07) is 18.2. The molecule has 0 aromatic heterocycles. The van der Waals surface area contributed by atoms with Crippen LogP contribution in [0.25, 0.3) is 0 Å². The fraction of sp³-hybridized carbons (Fsp3) is 0.364. The fourth-order valence-electron chi connectivity index (χ4n) is 2.61. The van der Waals surface area contributed by atoms with Crippen LogP contribution in [0.1, 0.15) is 22.8 Å². The molecule has 2 N–H and O–H groups in total. The fourth-order valence-corrected chi connectivity index (χ4v) is 3.40. The zero-order chi connectivity index (χ0) is 20.2. The van der Waals surface area contributed by atoms with Crippen molar-refractivity contribution in [1.82, 2.24) is 15.5 Å². The first-order chi connectivity index (χ1) is 13.6. The van der Waals surface area contributed by atoms with Crippen LogP contribution in [0, 0.1) is 0 Å². The first-order valence-corrected chi connectivity index (χ1v) is 10.6. The summed E-state index contributed by atoms with van der Waals surface area (Å²) in [6.45, 7) is 4.40. The summed E-state index contributed by atoms with van der Waals surface area (Å²) in [5, 5.41) is 6.66. The predicted molar refractivity (Wildman–Crippen MR) is 119 cm³/mol. The van der Waals surface area contributed by atoms with Gasteiger partial charge in [0, 0.05) is 49.9 Å². The number of amides is 1. The minimum atomic E-state index is 0.0243. The van der Waals surface area contributed by atoms with Gasteiger partial charge >= 0.3 is 0 Å². The highest BCUT2D eigenvalue weighted by molar-refractivity contribution is 7.99. The lowest BCUT2D eigenvalue weighted by Crippen LogP contribution is -2.38. The second kappa shape index (κ2) is 12.1. The number of benzene rings is 2. The molecule has 0 aliphatic carbocycles. The van der Waals surface area contributed by atoms with Crippen LogP contribution >= 0.6 is 11.8 Å². The molecule has 1 amide bonds. The normalized spacial score (nSPS) is 11.2. The Balaban J connectivity index is 1.81. The molecule has 150 valence electrons. The van der Waals surface area contributed by atoms with E-state index in [0.717, 1.165) is 42.3 Å². The zero-order valence-corrected chi connectivity index (χ0v) is 17.8. The summed E-state index contributed by atoms with van der Waals surface area (Å²) in [5.41, 5.74) is 1.83. The van der Waals surface area contributed by atoms with Crippen molar-refractivity contribution in [2.75, 3.05) is 39.5 Å². The molecule has 0 atom stereocenters. The van der Waals surface area contributed by atoms with Crippen molar-refractivity contribution >= 4 is 23.6 Å². The summed E-state index contributed by atoms with van der Waals surface area (Å²) in [7, 11) is 3.54. The second-order valence-electron chi connectivity index (χ2n) is 6.50. The van der Waals surface area contributed by atoms with Crippen LogP contribution in [0.15, 0.2) is 64.5 Å². The molecule has 0 saturated heterocycles. The molecular weight excluding hydrogens is 368 g/mol. The molecule has 0 heterocycles. The smallest absolute Gasteiger partial charge is 0.253 e. The average molecular weight is 399 g/mol. The van der Waals surface area contributed by atoms with E-state index in [1.54, 1.807) is 19.0 Å². The summed E-state index contributed by atoms with van der Waals surface area (Å²) >= 11 is 1.83. The summed E-state index contributed by atoms with van der Waals surface area (Å²) in [4.78, 5) is 19.6. The van der Waals surface area contributed by atoms with Gasteiger partial charge in [0.05, 0.1) is 0 Å². The average Bonchev–Trinajstić information content (AvgIpc) is 2.71. The molecule has 0 aliphatic rings. The van der Waals surface area contributed by atoms with Gasteiger partial charge in [-0.1, -0.05) is 30.3 Å². The van der Waals surface area contributed by atoms with Gasteiger partial charge in [-0.3, -0.25) is 9.79 Å². The molecule has 2 aromatic rings. The van der Waals surface area contributed by atoms with Gasteiger partial charge in [0.25, 0.3) is 5.91 Å². The molecule has 0 aliphatic heterocycles. The molecular formula is C22H30N4OS. The number of aliphatic imine (C=N–C) groups is 1. The quantitative estimate of drug-likeness (QED) is 0.295. The standard InChI is InChI=1S/C22H30N4OS/c1-4-23-22(25-15-16-28-20-11-6-5-7-12-20)24-14-13-18-9-8-10-19(17-18)21(27)26(2)3/h5-12,17H,4,13-16H2,1-3H3,(H2,23,24,25). The Morgan fingerprint density at radius 1 is 1.07 bits per heavy atom. The van der Waals surface area contributed by atoms with E-state index in [9.17, 15) is 4.79 Å². The lowest BCUT2D eigenvalue weighted by atomic mass is 10.1. The molecule has 2 aromatic carbocycles. The van der Waals surface area contributed by atoms with E-state index >= 15 is 0 Å². The summed E-state index contributed by atoms with van der Waals surface area (Å²) in [5.74, 6) is 1.83. The zero-order valence-electron chi connectivity index (χ0n) is 16.9. The van der Waals surface area contributed by atoms with Crippen LogP contribution in [0.3, 0.4) is 0 Å². The number of carbonyl (C=O) groups is 1. The highest BCUT2D eigenvalue weighted by Crippen LogP contribution is 2.15. The maximum Gasteiger partial charge on any atom is 0.253 e. The SMILES string of the molecule is CCNC(=NCCc1cccc(C(=O)N(C)C)c1)NCCSc1ccccc1. The van der Waals surface area contributed by atoms with E-state index in [1.165, 1.54) is 4.90 Å². The minimum absolute atomic E-state index is 0.0243. The third-order valence-electron chi connectivity index (χ3n) is 4.00. The number of thioether (sulfide) groups is 1. The number of rotatable bonds is 9. The number of hydrogen-bond donors (Lipinski definition) is 2. The first-order valence-electron chi connectivity index (χ1n) is 9.60. The Labute approximate surface area is 172 Å². The molecule has 6 heteroatoms. The van der Waals surface area contributed by atoms with E-state index in [-0.39, 0.29) is 5.91 Å². The molecule has 0 unspecified atom stereocenters. The van der Waals surface area contributed by atoms with Crippen LogP contribution in [0.4, 0.5) is 0 Å². The van der Waals surface area contributed by atoms with Gasteiger partial charge in [0.15, 0.2) is 5.96 Å². The number of hydrogen-bond acceptors (Lipinski definition) is 3. The maximum absolute atomic E-state index is 12.1. The molecule has 0 bridgehead atoms. The largest absolute Gasteiger partial charge is 0.357 e. The van der Waals surface area contributed by atoms with Crippen LogP contribution < -0.4 is 10.6 Å². The lowest BCUT2D eigenvalue weighted by molar-refractivity contribution is 0.0827. The summed E-state index contributed by atoms with van der Waals surface area (Å²) < 4.78 is 0. The maximum atomic E-state index is 12.1. The molecule has 0 saturated carbocycles. The van der Waals surface area contributed by atoms with E-state index in [4.69, 9.17) is 0 Å². The van der Waals surface area contributed by atoms with Crippen molar-refractivity contribution in [2.45, 2.75) is 18.2 Å². The van der Waals surface area contributed by atoms with Gasteiger partial charge in [-0.2, -0.15) is 0 Å². The third kappa shape index (κ3) is 7.64. The monoisotopic (exact) mass is 398 g/mol. The van der Waals surface area contributed by atoms with Gasteiger partial charge in [-0.15, -0.1) is 11.8 Å². The van der Waals surface area contributed by atoms with Crippen molar-refractivity contribution in [2.24, 2.45) is 4.99 Å². The van der Waals surface area contributed by atoms with Gasteiger partial charge in [0.1, 0.15) is 0 Å². The van der Waals surface area contributed by atoms with E-state index in [2.05, 4.69) is 46.8 Å².